The zero-order valence-electron chi connectivity index (χ0n) is 12.8. The van der Waals surface area contributed by atoms with Crippen LogP contribution < -0.4 is 9.64 Å². The average Bonchev–Trinajstić information content (AvgIpc) is 2.52. The maximum Gasteiger partial charge on any atom is 0.390 e. The minimum atomic E-state index is -2.84. The number of fused-ring (bicyclic) bond motifs is 1. The lowest BCUT2D eigenvalue weighted by Crippen LogP contribution is -2.62. The van der Waals surface area contributed by atoms with Crippen LogP contribution >= 0.6 is 0 Å². The molecule has 8 nitrogen and oxygen atoms in total. The maximum absolute atomic E-state index is 12.5. The van der Waals surface area contributed by atoms with Crippen LogP contribution in [0.1, 0.15) is 13.8 Å². The largest absolute Gasteiger partial charge is 0.465 e. The number of amides is 1. The molecule has 0 bridgehead atoms. The highest BCUT2D eigenvalue weighted by atomic mass is 16.7. The van der Waals surface area contributed by atoms with Crippen LogP contribution in [0.25, 0.3) is 0 Å². The quantitative estimate of drug-likeness (QED) is 0.611. The summed E-state index contributed by atoms with van der Waals surface area (Å²) in [5.41, 5.74) is 0.250. The van der Waals surface area contributed by atoms with Gasteiger partial charge in [-0.1, -0.05) is 12.1 Å². The Morgan fingerprint density at radius 1 is 1.22 bits per heavy atom. The number of esters is 2. The van der Waals surface area contributed by atoms with E-state index in [9.17, 15) is 19.5 Å². The summed E-state index contributed by atoms with van der Waals surface area (Å²) in [6, 6.07) is 6.21. The van der Waals surface area contributed by atoms with Crippen molar-refractivity contribution in [3.63, 3.8) is 0 Å². The summed E-state index contributed by atoms with van der Waals surface area (Å²) < 4.78 is 14.7. The van der Waals surface area contributed by atoms with E-state index in [0.717, 1.165) is 4.90 Å². The number of para-hydroxylation sites is 2. The van der Waals surface area contributed by atoms with Gasteiger partial charge in [0.25, 0.3) is 0 Å². The van der Waals surface area contributed by atoms with Crippen LogP contribution in [-0.4, -0.2) is 48.5 Å². The lowest BCUT2D eigenvalue weighted by atomic mass is 10.1. The molecule has 124 valence electrons. The topological polar surface area (TPSA) is 102 Å². The monoisotopic (exact) mass is 323 g/mol. The van der Waals surface area contributed by atoms with Gasteiger partial charge in [-0.3, -0.25) is 14.5 Å². The Bertz CT molecular complexity index is 630. The number of hydrogen-bond acceptors (Lipinski definition) is 7. The number of rotatable bonds is 5. The van der Waals surface area contributed by atoms with E-state index in [1.807, 2.05) is 0 Å². The zero-order chi connectivity index (χ0) is 17.0. The van der Waals surface area contributed by atoms with Crippen molar-refractivity contribution in [1.82, 2.24) is 0 Å². The Balaban J connectivity index is 2.41. The fourth-order valence-corrected chi connectivity index (χ4v) is 2.11. The predicted octanol–water partition coefficient (Wildman–Crippen LogP) is 0.227. The number of carbonyl (C=O) groups excluding carboxylic acids is 3. The third-order valence-corrected chi connectivity index (χ3v) is 3.09. The van der Waals surface area contributed by atoms with Crippen molar-refractivity contribution in [1.29, 1.82) is 0 Å². The van der Waals surface area contributed by atoms with Gasteiger partial charge in [-0.15, -0.1) is 0 Å². The fourth-order valence-electron chi connectivity index (χ4n) is 2.11. The fraction of sp³-hybridized carbons (Fsp3) is 0.400. The highest BCUT2D eigenvalue weighted by molar-refractivity contribution is 6.15. The third kappa shape index (κ3) is 3.11. The molecule has 1 heterocycles. The van der Waals surface area contributed by atoms with Crippen LogP contribution in [-0.2, 0) is 23.9 Å². The Morgan fingerprint density at radius 3 is 2.52 bits per heavy atom. The second-order valence-corrected chi connectivity index (χ2v) is 4.63. The van der Waals surface area contributed by atoms with Gasteiger partial charge in [-0.05, 0) is 26.0 Å². The van der Waals surface area contributed by atoms with Crippen molar-refractivity contribution in [2.45, 2.75) is 19.6 Å². The van der Waals surface area contributed by atoms with E-state index in [1.165, 1.54) is 19.1 Å². The lowest BCUT2D eigenvalue weighted by molar-refractivity contribution is -0.202. The Kier molecular flexibility index (Phi) is 4.85. The molecule has 0 spiro atoms. The highest BCUT2D eigenvalue weighted by Gasteiger charge is 2.55. The molecule has 1 aliphatic heterocycles. The van der Waals surface area contributed by atoms with E-state index in [1.54, 1.807) is 19.1 Å². The van der Waals surface area contributed by atoms with Crippen LogP contribution in [0.4, 0.5) is 5.69 Å². The van der Waals surface area contributed by atoms with Crippen LogP contribution in [0.15, 0.2) is 24.3 Å². The molecule has 0 saturated carbocycles. The van der Waals surface area contributed by atoms with Crippen molar-refractivity contribution in [2.24, 2.45) is 0 Å². The first-order chi connectivity index (χ1) is 10.9. The molecule has 1 aromatic carbocycles. The minimum Gasteiger partial charge on any atom is -0.465 e. The second kappa shape index (κ2) is 6.66. The smallest absolute Gasteiger partial charge is 0.390 e. The molecule has 8 heteroatoms. The van der Waals surface area contributed by atoms with Crippen molar-refractivity contribution >= 4 is 23.5 Å². The molecule has 23 heavy (non-hydrogen) atoms. The van der Waals surface area contributed by atoms with Crippen molar-refractivity contribution in [3.05, 3.63) is 24.3 Å². The first-order valence-electron chi connectivity index (χ1n) is 7.09. The van der Waals surface area contributed by atoms with E-state index < -0.39 is 30.2 Å². The first kappa shape index (κ1) is 16.8. The number of hydrogen-bond donors (Lipinski definition) is 1. The number of carbonyl (C=O) groups is 3. The normalized spacial score (nSPS) is 19.6. The maximum atomic E-state index is 12.5. The Morgan fingerprint density at radius 2 is 1.87 bits per heavy atom. The summed E-state index contributed by atoms with van der Waals surface area (Å²) in [5.74, 6) is -5.79. The second-order valence-electron chi connectivity index (χ2n) is 4.63. The summed E-state index contributed by atoms with van der Waals surface area (Å²) in [4.78, 5) is 37.1. The number of benzene rings is 1. The minimum absolute atomic E-state index is 0.0443. The first-order valence-corrected chi connectivity index (χ1v) is 7.09. The standard InChI is InChI=1S/C15H17NO7/c1-3-21-12(17)9-16-10-7-5-6-8-11(10)23-15(20,13(16)18)14(19)22-4-2/h5-8,20H,3-4,9H2,1-2H3. The van der Waals surface area contributed by atoms with Crippen LogP contribution in [0.3, 0.4) is 0 Å². The van der Waals surface area contributed by atoms with E-state index >= 15 is 0 Å². The molecule has 1 amide bonds. The van der Waals surface area contributed by atoms with E-state index in [2.05, 4.69) is 0 Å². The number of ether oxygens (including phenoxy) is 3. The molecule has 0 radical (unpaired) electrons. The Labute approximate surface area is 132 Å². The third-order valence-electron chi connectivity index (χ3n) is 3.09. The molecule has 1 N–H and O–H groups in total. The van der Waals surface area contributed by atoms with Gasteiger partial charge >= 0.3 is 23.6 Å². The van der Waals surface area contributed by atoms with Gasteiger partial charge in [0.2, 0.25) is 0 Å². The van der Waals surface area contributed by atoms with Gasteiger partial charge in [0.1, 0.15) is 12.3 Å². The summed E-state index contributed by atoms with van der Waals surface area (Å²) in [5, 5.41) is 10.4. The molecule has 1 atom stereocenters. The van der Waals surface area contributed by atoms with E-state index in [-0.39, 0.29) is 24.7 Å². The SMILES string of the molecule is CCOC(=O)CN1C(=O)C(O)(C(=O)OCC)Oc2ccccc21. The summed E-state index contributed by atoms with van der Waals surface area (Å²) in [6.07, 6.45) is 0. The predicted molar refractivity (Wildman–Crippen MR) is 77.6 cm³/mol. The summed E-state index contributed by atoms with van der Waals surface area (Å²) in [6.45, 7) is 2.79. The summed E-state index contributed by atoms with van der Waals surface area (Å²) >= 11 is 0. The average molecular weight is 323 g/mol. The van der Waals surface area contributed by atoms with Gasteiger partial charge in [-0.25, -0.2) is 4.79 Å². The highest BCUT2D eigenvalue weighted by Crippen LogP contribution is 2.37. The molecular formula is C15H17NO7. The van der Waals surface area contributed by atoms with Gasteiger partial charge in [-0.2, -0.15) is 0 Å². The van der Waals surface area contributed by atoms with Crippen LogP contribution in [0.2, 0.25) is 0 Å². The van der Waals surface area contributed by atoms with E-state index in [4.69, 9.17) is 14.2 Å². The number of anilines is 1. The molecule has 1 unspecified atom stereocenters. The molecule has 0 aliphatic carbocycles. The van der Waals surface area contributed by atoms with Crippen molar-refractivity contribution in [3.8, 4) is 5.75 Å². The Hall–Kier alpha value is -2.61. The molecule has 2 rings (SSSR count). The van der Waals surface area contributed by atoms with Crippen LogP contribution in [0.5, 0.6) is 5.75 Å². The molecular weight excluding hydrogens is 306 g/mol. The van der Waals surface area contributed by atoms with Gasteiger partial charge in [0.15, 0.2) is 0 Å². The van der Waals surface area contributed by atoms with Crippen molar-refractivity contribution < 1.29 is 33.7 Å². The zero-order valence-corrected chi connectivity index (χ0v) is 12.8. The molecule has 0 saturated heterocycles. The van der Waals surface area contributed by atoms with E-state index in [0.29, 0.717) is 0 Å². The molecule has 0 fully saturated rings. The molecule has 1 aromatic rings. The van der Waals surface area contributed by atoms with Gasteiger partial charge in [0.05, 0.1) is 18.9 Å². The molecule has 1 aliphatic rings. The van der Waals surface area contributed by atoms with Gasteiger partial charge in [0, 0.05) is 0 Å². The summed E-state index contributed by atoms with van der Waals surface area (Å²) in [7, 11) is 0. The number of nitrogens with zero attached hydrogens (tertiary/aromatic N) is 1. The van der Waals surface area contributed by atoms with Crippen molar-refractivity contribution in [2.75, 3.05) is 24.7 Å². The molecule has 0 aromatic heterocycles. The lowest BCUT2D eigenvalue weighted by Gasteiger charge is -2.36. The van der Waals surface area contributed by atoms with Gasteiger partial charge < -0.3 is 19.3 Å². The number of aliphatic hydroxyl groups is 1. The van der Waals surface area contributed by atoms with Crippen LogP contribution in [0, 0.1) is 0 Å².